The van der Waals surface area contributed by atoms with Crippen LogP contribution in [0.1, 0.15) is 58.7 Å². The first-order chi connectivity index (χ1) is 10.5. The summed E-state index contributed by atoms with van der Waals surface area (Å²) in [6.07, 6.45) is 4.42. The molecule has 1 aromatic rings. The van der Waals surface area contributed by atoms with E-state index in [2.05, 4.69) is 18.3 Å². The van der Waals surface area contributed by atoms with Crippen molar-refractivity contribution in [2.45, 2.75) is 52.9 Å². The zero-order valence-electron chi connectivity index (χ0n) is 14.6. The van der Waals surface area contributed by atoms with Gasteiger partial charge in [-0.2, -0.15) is 0 Å². The van der Waals surface area contributed by atoms with Crippen LogP contribution in [0.4, 0.5) is 0 Å². The number of carboxylic acid groups (broad SMARTS) is 1. The minimum atomic E-state index is -0.995. The van der Waals surface area contributed by atoms with Crippen molar-refractivity contribution in [1.29, 1.82) is 0 Å². The SMILES string of the molecule is C.C=CC(C)(C)c1cc(C=CC(=O)O)cc(C(C)(C)C)c1O.NN. The van der Waals surface area contributed by atoms with Crippen LogP contribution in [0.15, 0.2) is 30.9 Å². The minimum absolute atomic E-state index is 0. The fraction of sp³-hybridized carbons (Fsp3) is 0.421. The molecule has 0 atom stereocenters. The van der Waals surface area contributed by atoms with E-state index in [1.807, 2.05) is 46.8 Å². The summed E-state index contributed by atoms with van der Waals surface area (Å²) in [6.45, 7) is 13.8. The van der Waals surface area contributed by atoms with E-state index < -0.39 is 11.4 Å². The number of nitrogens with two attached hydrogens (primary N) is 2. The van der Waals surface area contributed by atoms with Gasteiger partial charge in [-0.05, 0) is 29.2 Å². The van der Waals surface area contributed by atoms with Gasteiger partial charge in [0.25, 0.3) is 0 Å². The lowest BCUT2D eigenvalue weighted by atomic mass is 9.77. The lowest BCUT2D eigenvalue weighted by molar-refractivity contribution is -0.131. The molecule has 5 heteroatoms. The van der Waals surface area contributed by atoms with Gasteiger partial charge in [0, 0.05) is 22.6 Å². The molecular weight excluding hydrogens is 304 g/mol. The third-order valence-electron chi connectivity index (χ3n) is 3.56. The number of hydrogen-bond acceptors (Lipinski definition) is 4. The maximum absolute atomic E-state index is 10.7. The molecule has 0 spiro atoms. The van der Waals surface area contributed by atoms with Crippen molar-refractivity contribution in [3.05, 3.63) is 47.6 Å². The zero-order chi connectivity index (χ0) is 18.4. The third-order valence-corrected chi connectivity index (χ3v) is 3.56. The number of phenolic OH excluding ortho intramolecular Hbond substituents is 1. The Morgan fingerprint density at radius 1 is 1.12 bits per heavy atom. The molecule has 1 rings (SSSR count). The number of phenols is 1. The van der Waals surface area contributed by atoms with E-state index in [0.717, 1.165) is 22.8 Å². The fourth-order valence-corrected chi connectivity index (χ4v) is 2.09. The summed E-state index contributed by atoms with van der Waals surface area (Å²) in [5.41, 5.74) is 1.64. The average molecular weight is 336 g/mol. The molecule has 0 aliphatic heterocycles. The molecule has 0 unspecified atom stereocenters. The van der Waals surface area contributed by atoms with Gasteiger partial charge in [-0.25, -0.2) is 4.79 Å². The third kappa shape index (κ3) is 6.18. The maximum atomic E-state index is 10.7. The molecule has 24 heavy (non-hydrogen) atoms. The summed E-state index contributed by atoms with van der Waals surface area (Å²) >= 11 is 0. The second-order valence-electron chi connectivity index (χ2n) is 6.81. The Morgan fingerprint density at radius 3 is 1.96 bits per heavy atom. The molecule has 0 amide bonds. The highest BCUT2D eigenvalue weighted by molar-refractivity contribution is 5.85. The normalized spacial score (nSPS) is 11.3. The highest BCUT2D eigenvalue weighted by Gasteiger charge is 2.27. The first-order valence-corrected chi connectivity index (χ1v) is 7.25. The molecule has 0 heterocycles. The second-order valence-corrected chi connectivity index (χ2v) is 6.81. The number of aromatic hydroxyl groups is 1. The van der Waals surface area contributed by atoms with Crippen molar-refractivity contribution in [3.63, 3.8) is 0 Å². The van der Waals surface area contributed by atoms with Crippen LogP contribution in [0.3, 0.4) is 0 Å². The van der Waals surface area contributed by atoms with Gasteiger partial charge in [-0.1, -0.05) is 48.1 Å². The highest BCUT2D eigenvalue weighted by atomic mass is 16.4. The predicted molar refractivity (Wildman–Crippen MR) is 102 cm³/mol. The first-order valence-electron chi connectivity index (χ1n) is 7.25. The molecule has 0 bridgehead atoms. The van der Waals surface area contributed by atoms with Gasteiger partial charge in [0.2, 0.25) is 0 Å². The monoisotopic (exact) mass is 336 g/mol. The molecule has 0 fully saturated rings. The molecule has 0 saturated heterocycles. The Labute approximate surface area is 145 Å². The van der Waals surface area contributed by atoms with E-state index >= 15 is 0 Å². The summed E-state index contributed by atoms with van der Waals surface area (Å²) < 4.78 is 0. The van der Waals surface area contributed by atoms with Crippen LogP contribution in [0, 0.1) is 0 Å². The highest BCUT2D eigenvalue weighted by Crippen LogP contribution is 2.40. The van der Waals surface area contributed by atoms with Crippen molar-refractivity contribution < 1.29 is 15.0 Å². The molecule has 0 aliphatic carbocycles. The van der Waals surface area contributed by atoms with E-state index in [-0.39, 0.29) is 18.6 Å². The lowest BCUT2D eigenvalue weighted by Crippen LogP contribution is -2.18. The van der Waals surface area contributed by atoms with E-state index in [9.17, 15) is 9.90 Å². The van der Waals surface area contributed by atoms with Crippen molar-refractivity contribution in [2.75, 3.05) is 0 Å². The van der Waals surface area contributed by atoms with Gasteiger partial charge in [0.05, 0.1) is 0 Å². The van der Waals surface area contributed by atoms with Gasteiger partial charge in [-0.15, -0.1) is 6.58 Å². The molecule has 1 aromatic carbocycles. The van der Waals surface area contributed by atoms with Crippen LogP contribution >= 0.6 is 0 Å². The fourth-order valence-electron chi connectivity index (χ4n) is 2.09. The summed E-state index contributed by atoms with van der Waals surface area (Å²) in [5.74, 6) is 7.25. The quantitative estimate of drug-likeness (QED) is 0.290. The minimum Gasteiger partial charge on any atom is -0.507 e. The van der Waals surface area contributed by atoms with Crippen LogP contribution < -0.4 is 11.7 Å². The molecule has 0 radical (unpaired) electrons. The smallest absolute Gasteiger partial charge is 0.328 e. The lowest BCUT2D eigenvalue weighted by Gasteiger charge is -2.28. The standard InChI is InChI=1S/C18H24O3.CH4.H4N2/c1-7-18(5,6)14-11-12(8-9-15(19)20)10-13(16(14)21)17(2,3)4;;1-2/h7-11,21H,1H2,2-6H3,(H,19,20);1H4;1-2H2. The topological polar surface area (TPSA) is 110 Å². The molecular formula is C19H32N2O3. The number of hydrazine groups is 1. The van der Waals surface area contributed by atoms with Crippen LogP contribution in [-0.4, -0.2) is 16.2 Å². The number of benzene rings is 1. The number of allylic oxidation sites excluding steroid dienone is 1. The van der Waals surface area contributed by atoms with Crippen molar-refractivity contribution in [1.82, 2.24) is 0 Å². The van der Waals surface area contributed by atoms with Crippen molar-refractivity contribution in [3.8, 4) is 5.75 Å². The number of hydrogen-bond donors (Lipinski definition) is 4. The van der Waals surface area contributed by atoms with Crippen LogP contribution in [-0.2, 0) is 15.6 Å². The van der Waals surface area contributed by atoms with Gasteiger partial charge >= 0.3 is 5.97 Å². The van der Waals surface area contributed by atoms with Gasteiger partial charge in [0.1, 0.15) is 5.75 Å². The predicted octanol–water partition coefficient (Wildman–Crippen LogP) is 3.71. The van der Waals surface area contributed by atoms with Crippen LogP contribution in [0.25, 0.3) is 6.08 Å². The molecule has 5 nitrogen and oxygen atoms in total. The second kappa shape index (κ2) is 9.25. The van der Waals surface area contributed by atoms with E-state index in [1.54, 1.807) is 12.2 Å². The van der Waals surface area contributed by atoms with Gasteiger partial charge in [-0.3, -0.25) is 11.7 Å². The molecule has 0 aliphatic rings. The Kier molecular flexibility index (Phi) is 9.31. The van der Waals surface area contributed by atoms with Crippen molar-refractivity contribution in [2.24, 2.45) is 11.7 Å². The Morgan fingerprint density at radius 2 is 1.58 bits per heavy atom. The number of aliphatic carboxylic acids is 1. The van der Waals surface area contributed by atoms with Crippen LogP contribution in [0.5, 0.6) is 5.75 Å². The zero-order valence-corrected chi connectivity index (χ0v) is 14.6. The maximum Gasteiger partial charge on any atom is 0.328 e. The van der Waals surface area contributed by atoms with Gasteiger partial charge in [0.15, 0.2) is 0 Å². The molecule has 0 aromatic heterocycles. The van der Waals surface area contributed by atoms with Gasteiger partial charge < -0.3 is 10.2 Å². The Balaban J connectivity index is 0. The van der Waals surface area contributed by atoms with E-state index in [0.29, 0.717) is 0 Å². The Bertz CT molecular complexity index is 597. The summed E-state index contributed by atoms with van der Waals surface area (Å²) in [7, 11) is 0. The average Bonchev–Trinajstić information content (AvgIpc) is 2.46. The Hall–Kier alpha value is -2.11. The first kappa shape index (κ1) is 24.1. The van der Waals surface area contributed by atoms with Crippen LogP contribution in [0.2, 0.25) is 0 Å². The summed E-state index contributed by atoms with van der Waals surface area (Å²) in [4.78, 5) is 10.7. The molecule has 136 valence electrons. The molecule has 0 saturated carbocycles. The van der Waals surface area contributed by atoms with Crippen molar-refractivity contribution >= 4 is 12.0 Å². The van der Waals surface area contributed by atoms with E-state index in [4.69, 9.17) is 5.11 Å². The van der Waals surface area contributed by atoms with E-state index in [1.165, 1.54) is 0 Å². The summed E-state index contributed by atoms with van der Waals surface area (Å²) in [6, 6.07) is 3.64. The molecule has 6 N–H and O–H groups in total. The largest absolute Gasteiger partial charge is 0.507 e. The number of rotatable bonds is 4. The number of carbonyl (C=O) groups is 1. The number of carboxylic acids is 1. The summed E-state index contributed by atoms with van der Waals surface area (Å²) in [5, 5.41) is 19.4.